The molecule has 0 fully saturated rings. The fourth-order valence-corrected chi connectivity index (χ4v) is 2.71. The largest absolute Gasteiger partial charge is 0.384 e. The van der Waals surface area contributed by atoms with E-state index in [1.54, 1.807) is 0 Å². The van der Waals surface area contributed by atoms with Gasteiger partial charge in [-0.2, -0.15) is 0 Å². The summed E-state index contributed by atoms with van der Waals surface area (Å²) in [5.74, 6) is 0.209. The summed E-state index contributed by atoms with van der Waals surface area (Å²) in [6.07, 6.45) is 1.15. The Morgan fingerprint density at radius 3 is 2.35 bits per heavy atom. The van der Waals surface area contributed by atoms with E-state index < -0.39 is 0 Å². The van der Waals surface area contributed by atoms with Crippen molar-refractivity contribution in [1.82, 2.24) is 0 Å². The number of carbonyl (C=O) groups excluding carboxylic acids is 1. The summed E-state index contributed by atoms with van der Waals surface area (Å²) in [6.45, 7) is 0. The number of benzene rings is 3. The van der Waals surface area contributed by atoms with E-state index in [4.69, 9.17) is 11.1 Å². The molecule has 3 N–H and O–H groups in total. The van der Waals surface area contributed by atoms with Gasteiger partial charge < -0.3 is 5.73 Å². The molecular weight excluding hydrogens is 284 g/mol. The molecule has 0 atom stereocenters. The van der Waals surface area contributed by atoms with Crippen LogP contribution in [-0.4, -0.2) is 11.6 Å². The molecule has 3 nitrogen and oxygen atoms in total. The lowest BCUT2D eigenvalue weighted by atomic mass is 9.97. The number of hydrogen-bond acceptors (Lipinski definition) is 2. The van der Waals surface area contributed by atoms with E-state index in [1.165, 1.54) is 0 Å². The second-order valence-electron chi connectivity index (χ2n) is 5.56. The molecule has 3 heteroatoms. The first-order valence-electron chi connectivity index (χ1n) is 7.59. The lowest BCUT2D eigenvalue weighted by molar-refractivity contribution is 0.0984. The van der Waals surface area contributed by atoms with Gasteiger partial charge in [0.25, 0.3) is 0 Å². The number of Topliss-reactive ketones (excluding diaryl/α,β-unsaturated/α-hetero) is 1. The summed E-state index contributed by atoms with van der Waals surface area (Å²) in [5.41, 5.74) is 8.00. The Hall–Kier alpha value is -2.94. The summed E-state index contributed by atoms with van der Waals surface area (Å²) in [5, 5.41) is 9.48. The van der Waals surface area contributed by atoms with Crippen molar-refractivity contribution in [3.63, 3.8) is 0 Å². The Morgan fingerprint density at radius 1 is 0.913 bits per heavy atom. The van der Waals surface area contributed by atoms with Crippen molar-refractivity contribution < 1.29 is 4.79 Å². The van der Waals surface area contributed by atoms with Crippen LogP contribution in [-0.2, 0) is 6.42 Å². The molecule has 3 aromatic rings. The summed E-state index contributed by atoms with van der Waals surface area (Å²) < 4.78 is 0. The summed E-state index contributed by atoms with van der Waals surface area (Å²) in [7, 11) is 0. The summed E-state index contributed by atoms with van der Waals surface area (Å²) in [6, 6.07) is 21.3. The van der Waals surface area contributed by atoms with E-state index in [-0.39, 0.29) is 11.6 Å². The van der Waals surface area contributed by atoms with Crippen LogP contribution >= 0.6 is 0 Å². The number of nitrogens with one attached hydrogen (secondary N) is 1. The second-order valence-corrected chi connectivity index (χ2v) is 5.56. The molecule has 0 spiro atoms. The van der Waals surface area contributed by atoms with Crippen molar-refractivity contribution >= 4 is 22.4 Å². The Bertz CT molecular complexity index is 861. The van der Waals surface area contributed by atoms with E-state index in [9.17, 15) is 4.79 Å². The monoisotopic (exact) mass is 302 g/mol. The van der Waals surface area contributed by atoms with Crippen LogP contribution in [0, 0.1) is 5.41 Å². The molecule has 3 aromatic carbocycles. The number of hydrogen-bond donors (Lipinski definition) is 2. The van der Waals surface area contributed by atoms with Crippen LogP contribution in [0.4, 0.5) is 0 Å². The lowest BCUT2D eigenvalue weighted by Gasteiger charge is -2.06. The highest BCUT2D eigenvalue weighted by atomic mass is 16.1. The molecule has 3 rings (SSSR count). The normalized spacial score (nSPS) is 10.6. The van der Waals surface area contributed by atoms with Crippen LogP contribution in [0.2, 0.25) is 0 Å². The predicted octanol–water partition coefficient (Wildman–Crippen LogP) is 3.94. The van der Waals surface area contributed by atoms with Crippen LogP contribution in [0.15, 0.2) is 66.7 Å². The van der Waals surface area contributed by atoms with Gasteiger partial charge in [-0.25, -0.2) is 0 Å². The Morgan fingerprint density at radius 2 is 1.61 bits per heavy atom. The van der Waals surface area contributed by atoms with Crippen molar-refractivity contribution in [3.05, 3.63) is 83.4 Å². The van der Waals surface area contributed by atoms with Crippen molar-refractivity contribution in [3.8, 4) is 0 Å². The molecule has 0 saturated heterocycles. The number of amidine groups is 1. The molecular formula is C20H18N2O. The zero-order valence-corrected chi connectivity index (χ0v) is 12.8. The third kappa shape index (κ3) is 3.29. The predicted molar refractivity (Wildman–Crippen MR) is 94.1 cm³/mol. The maximum Gasteiger partial charge on any atom is 0.163 e. The Kier molecular flexibility index (Phi) is 4.20. The SMILES string of the molecule is N=C(N)c1ccc(CCC(=O)c2cccc3ccccc23)cc1. The first-order valence-corrected chi connectivity index (χ1v) is 7.59. The van der Waals surface area contributed by atoms with Gasteiger partial charge in [-0.3, -0.25) is 10.2 Å². The van der Waals surface area contributed by atoms with E-state index in [2.05, 4.69) is 0 Å². The van der Waals surface area contributed by atoms with E-state index >= 15 is 0 Å². The van der Waals surface area contributed by atoms with E-state index in [0.29, 0.717) is 18.4 Å². The third-order valence-electron chi connectivity index (χ3n) is 4.00. The molecule has 0 saturated carbocycles. The average molecular weight is 302 g/mol. The van der Waals surface area contributed by atoms with Crippen molar-refractivity contribution in [1.29, 1.82) is 5.41 Å². The highest BCUT2D eigenvalue weighted by molar-refractivity contribution is 6.08. The molecule has 114 valence electrons. The number of nitrogens with two attached hydrogens (primary N) is 1. The van der Waals surface area contributed by atoms with Gasteiger partial charge in [-0.05, 0) is 22.8 Å². The van der Waals surface area contributed by atoms with Crippen LogP contribution in [0.25, 0.3) is 10.8 Å². The van der Waals surface area contributed by atoms with Crippen molar-refractivity contribution in [2.45, 2.75) is 12.8 Å². The Labute approximate surface area is 135 Å². The van der Waals surface area contributed by atoms with Gasteiger partial charge in [0.05, 0.1) is 0 Å². The summed E-state index contributed by atoms with van der Waals surface area (Å²) in [4.78, 5) is 12.6. The highest BCUT2D eigenvalue weighted by Gasteiger charge is 2.10. The fourth-order valence-electron chi connectivity index (χ4n) is 2.71. The number of aryl methyl sites for hydroxylation is 1. The fraction of sp³-hybridized carbons (Fsp3) is 0.100. The minimum atomic E-state index is 0.0587. The van der Waals surface area contributed by atoms with Gasteiger partial charge in [0, 0.05) is 17.5 Å². The lowest BCUT2D eigenvalue weighted by Crippen LogP contribution is -2.10. The minimum absolute atomic E-state index is 0.0587. The van der Waals surface area contributed by atoms with Crippen molar-refractivity contribution in [2.75, 3.05) is 0 Å². The standard InChI is InChI=1S/C20H18N2O/c21-20(22)16-11-8-14(9-12-16)10-13-19(23)18-7-3-5-15-4-1-2-6-17(15)18/h1-9,11-12H,10,13H2,(H3,21,22). The maximum absolute atomic E-state index is 12.6. The first-order chi connectivity index (χ1) is 11.1. The number of nitrogen functional groups attached to an aromatic ring is 1. The molecule has 0 unspecified atom stereocenters. The molecule has 0 radical (unpaired) electrons. The van der Waals surface area contributed by atoms with Crippen LogP contribution in [0.5, 0.6) is 0 Å². The molecule has 0 amide bonds. The van der Waals surface area contributed by atoms with Gasteiger partial charge in [-0.15, -0.1) is 0 Å². The molecule has 0 heterocycles. The van der Waals surface area contributed by atoms with Gasteiger partial charge >= 0.3 is 0 Å². The molecule has 23 heavy (non-hydrogen) atoms. The van der Waals surface area contributed by atoms with E-state index in [1.807, 2.05) is 66.7 Å². The first kappa shape index (κ1) is 15.0. The molecule has 0 bridgehead atoms. The maximum atomic E-state index is 12.6. The number of ketones is 1. The second kappa shape index (κ2) is 6.44. The van der Waals surface area contributed by atoms with Gasteiger partial charge in [-0.1, -0.05) is 66.7 Å². The van der Waals surface area contributed by atoms with Gasteiger partial charge in [0.1, 0.15) is 5.84 Å². The topological polar surface area (TPSA) is 66.9 Å². The zero-order valence-electron chi connectivity index (χ0n) is 12.8. The minimum Gasteiger partial charge on any atom is -0.384 e. The van der Waals surface area contributed by atoms with Crippen molar-refractivity contribution in [2.24, 2.45) is 5.73 Å². The smallest absolute Gasteiger partial charge is 0.163 e. The van der Waals surface area contributed by atoms with Crippen LogP contribution in [0.1, 0.15) is 27.9 Å². The molecule has 0 aliphatic heterocycles. The zero-order chi connectivity index (χ0) is 16.2. The molecule has 0 aromatic heterocycles. The molecule has 0 aliphatic rings. The van der Waals surface area contributed by atoms with Gasteiger partial charge in [0.15, 0.2) is 5.78 Å². The van der Waals surface area contributed by atoms with Crippen LogP contribution in [0.3, 0.4) is 0 Å². The average Bonchev–Trinajstić information content (AvgIpc) is 2.59. The third-order valence-corrected chi connectivity index (χ3v) is 4.00. The quantitative estimate of drug-likeness (QED) is 0.426. The Balaban J connectivity index is 1.75. The number of rotatable bonds is 5. The number of carbonyl (C=O) groups is 1. The van der Waals surface area contributed by atoms with Crippen LogP contribution < -0.4 is 5.73 Å². The number of fused-ring (bicyclic) bond motifs is 1. The summed E-state index contributed by atoms with van der Waals surface area (Å²) >= 11 is 0. The van der Waals surface area contributed by atoms with Gasteiger partial charge in [0.2, 0.25) is 0 Å². The molecule has 0 aliphatic carbocycles. The highest BCUT2D eigenvalue weighted by Crippen LogP contribution is 2.20. The van der Waals surface area contributed by atoms with E-state index in [0.717, 1.165) is 21.9 Å².